The molecule has 0 saturated carbocycles. The van der Waals surface area contributed by atoms with Gasteiger partial charge in [-0.1, -0.05) is 21.9 Å². The quantitative estimate of drug-likeness (QED) is 0.475. The third-order valence-corrected chi connectivity index (χ3v) is 3.78. The lowest BCUT2D eigenvalue weighted by atomic mass is 10.2. The highest BCUT2D eigenvalue weighted by Crippen LogP contribution is 2.32. The number of fused-ring (bicyclic) bond motifs is 1. The second-order valence-electron chi connectivity index (χ2n) is 4.94. The molecule has 6 nitrogen and oxygen atoms in total. The van der Waals surface area contributed by atoms with Crippen molar-refractivity contribution in [2.45, 2.75) is 0 Å². The summed E-state index contributed by atoms with van der Waals surface area (Å²) in [4.78, 5) is 12.2. The van der Waals surface area contributed by atoms with Crippen LogP contribution in [-0.4, -0.2) is 25.5 Å². The zero-order chi connectivity index (χ0) is 17.6. The van der Waals surface area contributed by atoms with Crippen LogP contribution in [0.15, 0.2) is 46.0 Å². The van der Waals surface area contributed by atoms with Crippen molar-refractivity contribution in [2.75, 3.05) is 13.4 Å². The minimum atomic E-state index is -0.365. The first-order valence-electron chi connectivity index (χ1n) is 7.26. The topological polar surface area (TPSA) is 69.2 Å². The van der Waals surface area contributed by atoms with Crippen LogP contribution in [0.1, 0.15) is 15.9 Å². The highest BCUT2D eigenvalue weighted by molar-refractivity contribution is 9.10. The molecule has 1 heterocycles. The molecular weight excluding hydrogens is 388 g/mol. The Balaban J connectivity index is 1.69. The van der Waals surface area contributed by atoms with Gasteiger partial charge in [-0.15, -0.1) is 6.42 Å². The molecule has 0 aromatic heterocycles. The first kappa shape index (κ1) is 16.9. The van der Waals surface area contributed by atoms with Crippen molar-refractivity contribution >= 4 is 28.1 Å². The molecule has 1 N–H and O–H groups in total. The van der Waals surface area contributed by atoms with Crippen molar-refractivity contribution in [1.29, 1.82) is 0 Å². The van der Waals surface area contributed by atoms with Crippen molar-refractivity contribution in [3.8, 4) is 29.6 Å². The molecule has 2 aromatic rings. The highest BCUT2D eigenvalue weighted by Gasteiger charge is 2.15. The molecule has 25 heavy (non-hydrogen) atoms. The summed E-state index contributed by atoms with van der Waals surface area (Å²) in [6.07, 6.45) is 6.69. The molecule has 2 aromatic carbocycles. The molecule has 7 heteroatoms. The second kappa shape index (κ2) is 7.73. The molecule has 0 saturated heterocycles. The summed E-state index contributed by atoms with van der Waals surface area (Å²) < 4.78 is 16.8. The fourth-order valence-corrected chi connectivity index (χ4v) is 2.51. The number of rotatable bonds is 5. The Morgan fingerprint density at radius 1 is 1.32 bits per heavy atom. The van der Waals surface area contributed by atoms with Gasteiger partial charge in [-0.25, -0.2) is 5.43 Å². The van der Waals surface area contributed by atoms with E-state index in [4.69, 9.17) is 20.6 Å². The second-order valence-corrected chi connectivity index (χ2v) is 5.86. The lowest BCUT2D eigenvalue weighted by molar-refractivity contribution is 0.0954. The van der Waals surface area contributed by atoms with E-state index in [-0.39, 0.29) is 19.3 Å². The van der Waals surface area contributed by atoms with E-state index in [0.717, 1.165) is 4.47 Å². The van der Waals surface area contributed by atoms with E-state index in [0.29, 0.717) is 28.4 Å². The lowest BCUT2D eigenvalue weighted by Gasteiger charge is -2.06. The van der Waals surface area contributed by atoms with Crippen LogP contribution in [0.2, 0.25) is 0 Å². The Hall–Kier alpha value is -2.98. The summed E-state index contributed by atoms with van der Waals surface area (Å²) in [5.41, 5.74) is 3.56. The van der Waals surface area contributed by atoms with Crippen molar-refractivity contribution in [3.05, 3.63) is 52.0 Å². The number of nitrogens with one attached hydrogen (secondary N) is 1. The number of halogens is 1. The van der Waals surface area contributed by atoms with Gasteiger partial charge in [0.15, 0.2) is 11.5 Å². The molecule has 0 unspecified atom stereocenters. The van der Waals surface area contributed by atoms with Gasteiger partial charge in [-0.05, 0) is 36.4 Å². The van der Waals surface area contributed by atoms with E-state index in [9.17, 15) is 4.79 Å². The van der Waals surface area contributed by atoms with Crippen LogP contribution < -0.4 is 19.6 Å². The Morgan fingerprint density at radius 3 is 3.00 bits per heavy atom. The third-order valence-electron chi connectivity index (χ3n) is 3.29. The normalized spacial score (nSPS) is 12.0. The maximum Gasteiger partial charge on any atom is 0.271 e. The molecule has 1 aliphatic rings. The highest BCUT2D eigenvalue weighted by atomic mass is 79.9. The molecule has 0 atom stereocenters. The number of hydrogen-bond acceptors (Lipinski definition) is 5. The van der Waals surface area contributed by atoms with Crippen molar-refractivity contribution in [1.82, 2.24) is 5.43 Å². The first-order chi connectivity index (χ1) is 12.2. The van der Waals surface area contributed by atoms with Gasteiger partial charge >= 0.3 is 0 Å². The fraction of sp³-hybridized carbons (Fsp3) is 0.111. The Labute approximate surface area is 152 Å². The molecule has 1 amide bonds. The number of nitrogens with zero attached hydrogens (tertiary/aromatic N) is 1. The van der Waals surface area contributed by atoms with E-state index in [1.54, 1.807) is 24.3 Å². The Kier molecular flexibility index (Phi) is 5.21. The molecule has 3 rings (SSSR count). The van der Waals surface area contributed by atoms with Gasteiger partial charge < -0.3 is 14.2 Å². The average Bonchev–Trinajstić information content (AvgIpc) is 3.08. The van der Waals surface area contributed by atoms with E-state index in [1.807, 2.05) is 12.1 Å². The number of carbonyl (C=O) groups is 1. The number of ether oxygens (including phenoxy) is 3. The van der Waals surface area contributed by atoms with Gasteiger partial charge in [0.1, 0.15) is 12.4 Å². The van der Waals surface area contributed by atoms with Crippen LogP contribution in [0.4, 0.5) is 0 Å². The molecule has 0 bridgehead atoms. The van der Waals surface area contributed by atoms with Crippen LogP contribution in [0.5, 0.6) is 17.2 Å². The smallest absolute Gasteiger partial charge is 0.271 e. The predicted octanol–water partition coefficient (Wildman–Crippen LogP) is 2.95. The molecular formula is C18H13BrN2O4. The van der Waals surface area contributed by atoms with Crippen molar-refractivity contribution < 1.29 is 19.0 Å². The van der Waals surface area contributed by atoms with Crippen molar-refractivity contribution in [3.63, 3.8) is 0 Å². The fourth-order valence-electron chi connectivity index (χ4n) is 2.13. The molecule has 1 aliphatic heterocycles. The number of benzene rings is 2. The number of carbonyl (C=O) groups excluding carboxylic acids is 1. The minimum absolute atomic E-state index is 0.145. The van der Waals surface area contributed by atoms with Gasteiger partial charge in [0.25, 0.3) is 5.91 Å². The number of hydrazone groups is 1. The zero-order valence-electron chi connectivity index (χ0n) is 13.0. The maximum atomic E-state index is 12.2. The van der Waals surface area contributed by atoms with Gasteiger partial charge in [0.05, 0.1) is 6.21 Å². The molecule has 0 aliphatic carbocycles. The van der Waals surface area contributed by atoms with Crippen LogP contribution in [-0.2, 0) is 0 Å². The van der Waals surface area contributed by atoms with Crippen molar-refractivity contribution in [2.24, 2.45) is 5.10 Å². The summed E-state index contributed by atoms with van der Waals surface area (Å²) >= 11 is 3.38. The summed E-state index contributed by atoms with van der Waals surface area (Å²) in [6, 6.07) is 10.3. The van der Waals surface area contributed by atoms with Crippen LogP contribution in [0.3, 0.4) is 0 Å². The summed E-state index contributed by atoms with van der Waals surface area (Å²) in [5, 5.41) is 3.97. The van der Waals surface area contributed by atoms with E-state index in [2.05, 4.69) is 32.4 Å². The molecule has 0 radical (unpaired) electrons. The van der Waals surface area contributed by atoms with Gasteiger partial charge in [-0.3, -0.25) is 4.79 Å². The van der Waals surface area contributed by atoms with Crippen LogP contribution in [0, 0.1) is 12.3 Å². The molecule has 126 valence electrons. The van der Waals surface area contributed by atoms with Gasteiger partial charge in [0, 0.05) is 15.6 Å². The van der Waals surface area contributed by atoms with E-state index in [1.165, 1.54) is 6.21 Å². The van der Waals surface area contributed by atoms with Gasteiger partial charge in [0.2, 0.25) is 6.79 Å². The van der Waals surface area contributed by atoms with E-state index < -0.39 is 0 Å². The zero-order valence-corrected chi connectivity index (χ0v) is 14.6. The Morgan fingerprint density at radius 2 is 2.16 bits per heavy atom. The SMILES string of the molecule is C#CCOc1ccc(Br)cc1C=NNC(=O)c1ccc2c(c1)OCO2. The Bertz CT molecular complexity index is 874. The summed E-state index contributed by atoms with van der Waals surface area (Å²) in [7, 11) is 0. The average molecular weight is 401 g/mol. The first-order valence-corrected chi connectivity index (χ1v) is 8.05. The standard InChI is InChI=1S/C18H13BrN2O4/c1-2-7-23-15-6-4-14(19)8-13(15)10-20-21-18(22)12-3-5-16-17(9-12)25-11-24-16/h1,3-6,8-10H,7,11H2,(H,21,22). The van der Waals surface area contributed by atoms with Crippen LogP contribution in [0.25, 0.3) is 0 Å². The molecule has 0 fully saturated rings. The number of amides is 1. The number of terminal acetylenes is 1. The lowest BCUT2D eigenvalue weighted by Crippen LogP contribution is -2.17. The maximum absolute atomic E-state index is 12.2. The predicted molar refractivity (Wildman–Crippen MR) is 96.1 cm³/mol. The third kappa shape index (κ3) is 4.11. The van der Waals surface area contributed by atoms with Crippen LogP contribution >= 0.6 is 15.9 Å². The summed E-state index contributed by atoms with van der Waals surface area (Å²) in [6.45, 7) is 0.300. The monoisotopic (exact) mass is 400 g/mol. The largest absolute Gasteiger partial charge is 0.480 e. The molecule has 0 spiro atoms. The number of hydrogen-bond donors (Lipinski definition) is 1. The van der Waals surface area contributed by atoms with Gasteiger partial charge in [-0.2, -0.15) is 5.10 Å². The summed E-state index contributed by atoms with van der Waals surface area (Å²) in [5.74, 6) is 3.76. The minimum Gasteiger partial charge on any atom is -0.480 e. The van der Waals surface area contributed by atoms with E-state index >= 15 is 0 Å².